The Morgan fingerprint density at radius 2 is 1.86 bits per heavy atom. The maximum Gasteiger partial charge on any atom is 0.262 e. The van der Waals surface area contributed by atoms with Crippen LogP contribution in [0.25, 0.3) is 0 Å². The highest BCUT2D eigenvalue weighted by atomic mass is 32.2. The molecule has 0 saturated carbocycles. The molecule has 28 heavy (non-hydrogen) atoms. The number of benzene rings is 2. The third kappa shape index (κ3) is 4.72. The van der Waals surface area contributed by atoms with Crippen LogP contribution in [0.4, 0.5) is 5.69 Å². The van der Waals surface area contributed by atoms with E-state index in [1.807, 2.05) is 26.0 Å². The molecule has 2 aromatic carbocycles. The summed E-state index contributed by atoms with van der Waals surface area (Å²) in [6, 6.07) is 10.3. The van der Waals surface area contributed by atoms with E-state index in [2.05, 4.69) is 10.0 Å². The number of nitrogens with one attached hydrogen (secondary N) is 2. The number of hydrogen-bond acceptors (Lipinski definition) is 4. The van der Waals surface area contributed by atoms with Crippen LogP contribution in [0, 0.1) is 20.8 Å². The molecule has 0 aliphatic carbocycles. The molecule has 0 bridgehead atoms. The van der Waals surface area contributed by atoms with Gasteiger partial charge < -0.3 is 10.1 Å². The van der Waals surface area contributed by atoms with Crippen molar-refractivity contribution in [2.45, 2.75) is 44.6 Å². The molecule has 7 heteroatoms. The fourth-order valence-corrected chi connectivity index (χ4v) is 4.58. The molecule has 0 spiro atoms. The van der Waals surface area contributed by atoms with Crippen molar-refractivity contribution >= 4 is 21.6 Å². The average Bonchev–Trinajstić information content (AvgIpc) is 3.16. The Balaban J connectivity index is 1.81. The topological polar surface area (TPSA) is 84.5 Å². The lowest BCUT2D eigenvalue weighted by Gasteiger charge is -2.15. The van der Waals surface area contributed by atoms with E-state index in [1.54, 1.807) is 25.1 Å². The SMILES string of the molecule is Cc1ccc(C)c(NS(=O)(=O)c2cc(C(=O)NC[C@H]3CCCO3)ccc2C)c1. The third-order valence-electron chi connectivity index (χ3n) is 4.89. The average molecular weight is 403 g/mol. The van der Waals surface area contributed by atoms with Crippen LogP contribution >= 0.6 is 0 Å². The standard InChI is InChI=1S/C21H26N2O4S/c1-14-6-7-15(2)19(11-14)23-28(25,26)20-12-17(9-8-16(20)3)21(24)22-13-18-5-4-10-27-18/h6-9,11-12,18,23H,4-5,10,13H2,1-3H3,(H,22,24)/t18-/m1/s1. The van der Waals surface area contributed by atoms with E-state index in [0.29, 0.717) is 23.4 Å². The lowest BCUT2D eigenvalue weighted by molar-refractivity contribution is 0.0857. The van der Waals surface area contributed by atoms with E-state index < -0.39 is 10.0 Å². The van der Waals surface area contributed by atoms with Gasteiger partial charge in [0.2, 0.25) is 0 Å². The first-order chi connectivity index (χ1) is 13.3. The fourth-order valence-electron chi connectivity index (χ4n) is 3.19. The zero-order valence-corrected chi connectivity index (χ0v) is 17.2. The van der Waals surface area contributed by atoms with E-state index in [0.717, 1.165) is 30.6 Å². The summed E-state index contributed by atoms with van der Waals surface area (Å²) in [5.41, 5.74) is 3.21. The van der Waals surface area contributed by atoms with Crippen molar-refractivity contribution in [3.63, 3.8) is 0 Å². The zero-order chi connectivity index (χ0) is 20.3. The van der Waals surface area contributed by atoms with Crippen molar-refractivity contribution in [2.24, 2.45) is 0 Å². The van der Waals surface area contributed by atoms with Gasteiger partial charge in [-0.2, -0.15) is 0 Å². The number of sulfonamides is 1. The van der Waals surface area contributed by atoms with Gasteiger partial charge in [0.15, 0.2) is 0 Å². The molecule has 2 aromatic rings. The number of carbonyl (C=O) groups excluding carboxylic acids is 1. The predicted molar refractivity (Wildman–Crippen MR) is 109 cm³/mol. The number of hydrogen-bond donors (Lipinski definition) is 2. The van der Waals surface area contributed by atoms with E-state index in [1.165, 1.54) is 6.07 Å². The smallest absolute Gasteiger partial charge is 0.262 e. The van der Waals surface area contributed by atoms with Gasteiger partial charge in [-0.05, 0) is 68.5 Å². The van der Waals surface area contributed by atoms with Gasteiger partial charge in [0.25, 0.3) is 15.9 Å². The van der Waals surface area contributed by atoms with Crippen LogP contribution in [0.3, 0.4) is 0 Å². The number of aryl methyl sites for hydroxylation is 3. The minimum absolute atomic E-state index is 0.0311. The highest BCUT2D eigenvalue weighted by Gasteiger charge is 2.21. The Labute approximate surface area is 166 Å². The molecule has 1 amide bonds. The van der Waals surface area contributed by atoms with E-state index in [9.17, 15) is 13.2 Å². The Hall–Kier alpha value is -2.38. The Bertz CT molecular complexity index is 980. The van der Waals surface area contributed by atoms with Crippen LogP contribution in [0.1, 0.15) is 39.9 Å². The predicted octanol–water partition coefficient (Wildman–Crippen LogP) is 3.32. The summed E-state index contributed by atoms with van der Waals surface area (Å²) in [7, 11) is -3.82. The first kappa shape index (κ1) is 20.4. The van der Waals surface area contributed by atoms with Crippen LogP contribution in [-0.2, 0) is 14.8 Å². The maximum absolute atomic E-state index is 13.0. The van der Waals surface area contributed by atoms with E-state index in [-0.39, 0.29) is 16.9 Å². The van der Waals surface area contributed by atoms with Crippen LogP contribution in [0.2, 0.25) is 0 Å². The fraction of sp³-hybridized carbons (Fsp3) is 0.381. The summed E-state index contributed by atoms with van der Waals surface area (Å²) < 4.78 is 34.1. The number of amides is 1. The van der Waals surface area contributed by atoms with Gasteiger partial charge in [0.1, 0.15) is 0 Å². The highest BCUT2D eigenvalue weighted by Crippen LogP contribution is 2.24. The molecule has 1 saturated heterocycles. The van der Waals surface area contributed by atoms with Crippen molar-refractivity contribution in [1.82, 2.24) is 5.32 Å². The van der Waals surface area contributed by atoms with E-state index in [4.69, 9.17) is 4.74 Å². The molecular weight excluding hydrogens is 376 g/mol. The molecule has 150 valence electrons. The number of ether oxygens (including phenoxy) is 1. The number of rotatable bonds is 6. The third-order valence-corrected chi connectivity index (χ3v) is 6.40. The number of carbonyl (C=O) groups is 1. The Kier molecular flexibility index (Phi) is 6.05. The van der Waals surface area contributed by atoms with Gasteiger partial charge in [0, 0.05) is 18.7 Å². The summed E-state index contributed by atoms with van der Waals surface area (Å²) in [6.45, 7) is 6.61. The monoisotopic (exact) mass is 402 g/mol. The van der Waals surface area contributed by atoms with Gasteiger partial charge in [-0.15, -0.1) is 0 Å². The van der Waals surface area contributed by atoms with Crippen molar-refractivity contribution in [3.05, 3.63) is 58.7 Å². The zero-order valence-electron chi connectivity index (χ0n) is 16.4. The van der Waals surface area contributed by atoms with Crippen molar-refractivity contribution in [1.29, 1.82) is 0 Å². The lowest BCUT2D eigenvalue weighted by Crippen LogP contribution is -2.32. The number of anilines is 1. The molecule has 0 unspecified atom stereocenters. The first-order valence-corrected chi connectivity index (χ1v) is 10.8. The molecule has 1 heterocycles. The molecule has 1 atom stereocenters. The van der Waals surface area contributed by atoms with Gasteiger partial charge in [-0.3, -0.25) is 9.52 Å². The largest absolute Gasteiger partial charge is 0.376 e. The van der Waals surface area contributed by atoms with Crippen LogP contribution < -0.4 is 10.0 Å². The van der Waals surface area contributed by atoms with Gasteiger partial charge in [-0.1, -0.05) is 18.2 Å². The van der Waals surface area contributed by atoms with Crippen LogP contribution in [0.15, 0.2) is 41.3 Å². The highest BCUT2D eigenvalue weighted by molar-refractivity contribution is 7.92. The van der Waals surface area contributed by atoms with Crippen LogP contribution in [-0.4, -0.2) is 33.6 Å². The van der Waals surface area contributed by atoms with E-state index >= 15 is 0 Å². The lowest BCUT2D eigenvalue weighted by atomic mass is 10.1. The minimum Gasteiger partial charge on any atom is -0.376 e. The summed E-state index contributed by atoms with van der Waals surface area (Å²) in [6.07, 6.45) is 1.95. The Morgan fingerprint density at radius 1 is 1.11 bits per heavy atom. The first-order valence-electron chi connectivity index (χ1n) is 9.37. The molecule has 1 aliphatic rings. The molecule has 3 rings (SSSR count). The Morgan fingerprint density at radius 3 is 2.57 bits per heavy atom. The summed E-state index contributed by atoms with van der Waals surface area (Å²) in [5, 5.41) is 2.83. The normalized spacial score (nSPS) is 16.8. The molecular formula is C21H26N2O4S. The molecule has 1 aliphatic heterocycles. The molecule has 2 N–H and O–H groups in total. The van der Waals surface area contributed by atoms with Crippen LogP contribution in [0.5, 0.6) is 0 Å². The van der Waals surface area contributed by atoms with Crippen molar-refractivity contribution in [3.8, 4) is 0 Å². The van der Waals surface area contributed by atoms with Crippen molar-refractivity contribution in [2.75, 3.05) is 17.9 Å². The summed E-state index contributed by atoms with van der Waals surface area (Å²) >= 11 is 0. The maximum atomic E-state index is 13.0. The second-order valence-electron chi connectivity index (χ2n) is 7.25. The van der Waals surface area contributed by atoms with Gasteiger partial charge >= 0.3 is 0 Å². The summed E-state index contributed by atoms with van der Waals surface area (Å²) in [4.78, 5) is 12.6. The second-order valence-corrected chi connectivity index (χ2v) is 8.90. The quantitative estimate of drug-likeness (QED) is 0.776. The van der Waals surface area contributed by atoms with Gasteiger partial charge in [-0.25, -0.2) is 8.42 Å². The minimum atomic E-state index is -3.82. The van der Waals surface area contributed by atoms with Crippen molar-refractivity contribution < 1.29 is 17.9 Å². The van der Waals surface area contributed by atoms with Gasteiger partial charge in [0.05, 0.1) is 16.7 Å². The summed E-state index contributed by atoms with van der Waals surface area (Å²) in [5.74, 6) is -0.307. The molecule has 0 radical (unpaired) electrons. The molecule has 0 aromatic heterocycles. The molecule has 1 fully saturated rings. The second kappa shape index (κ2) is 8.32. The molecule has 6 nitrogen and oxygen atoms in total.